The number of rotatable bonds is 6. The van der Waals surface area contributed by atoms with Gasteiger partial charge in [-0.1, -0.05) is 18.2 Å². The summed E-state index contributed by atoms with van der Waals surface area (Å²) in [6.07, 6.45) is 3.89. The van der Waals surface area contributed by atoms with Gasteiger partial charge in [-0.3, -0.25) is 9.89 Å². The Labute approximate surface area is 181 Å². The second kappa shape index (κ2) is 8.89. The van der Waals surface area contributed by atoms with Crippen molar-refractivity contribution in [3.8, 4) is 17.1 Å². The topological polar surface area (TPSA) is 105 Å². The monoisotopic (exact) mass is 440 g/mol. The summed E-state index contributed by atoms with van der Waals surface area (Å²) >= 11 is 0. The number of likely N-dealkylation sites (tertiary alicyclic amines) is 1. The molecule has 1 unspecified atom stereocenters. The highest BCUT2D eigenvalue weighted by Crippen LogP contribution is 2.30. The number of carbonyl (C=O) groups is 1. The molecular weight excluding hydrogens is 416 g/mol. The number of aromatic nitrogens is 3. The molecule has 0 spiro atoms. The van der Waals surface area contributed by atoms with Crippen molar-refractivity contribution in [3.05, 3.63) is 60.4 Å². The van der Waals surface area contributed by atoms with Gasteiger partial charge in [0.2, 0.25) is 0 Å². The standard InChI is InChI=1S/C22H24N4O4S/c1-31(28,29)18-12-10-16(11-13-18)21-23-22(25-24-21)19-9-5-6-14-26(19)20(27)15-30-17-7-3-2-4-8-17/h2-4,7-8,10-13,19H,5-6,9,14-15H2,1H3,(H,23,24,25). The van der Waals surface area contributed by atoms with Crippen LogP contribution in [0.5, 0.6) is 5.75 Å². The highest BCUT2D eigenvalue weighted by atomic mass is 32.2. The van der Waals surface area contributed by atoms with Gasteiger partial charge < -0.3 is 9.64 Å². The molecule has 1 fully saturated rings. The third-order valence-electron chi connectivity index (χ3n) is 5.29. The first-order chi connectivity index (χ1) is 14.9. The minimum atomic E-state index is -3.26. The maximum atomic E-state index is 12.8. The number of nitrogens with zero attached hydrogens (tertiary/aromatic N) is 3. The molecular formula is C22H24N4O4S. The van der Waals surface area contributed by atoms with Crippen LogP contribution in [0.2, 0.25) is 0 Å². The Morgan fingerprint density at radius 2 is 1.87 bits per heavy atom. The number of aromatic amines is 1. The highest BCUT2D eigenvalue weighted by Gasteiger charge is 2.30. The molecule has 8 nitrogen and oxygen atoms in total. The van der Waals surface area contributed by atoms with Crippen molar-refractivity contribution >= 4 is 15.7 Å². The Kier molecular flexibility index (Phi) is 6.03. The van der Waals surface area contributed by atoms with E-state index in [1.54, 1.807) is 17.0 Å². The number of nitrogens with one attached hydrogen (secondary N) is 1. The van der Waals surface area contributed by atoms with Gasteiger partial charge in [-0.05, 0) is 55.7 Å². The normalized spacial score (nSPS) is 16.8. The van der Waals surface area contributed by atoms with E-state index in [9.17, 15) is 13.2 Å². The zero-order chi connectivity index (χ0) is 21.8. The fourth-order valence-corrected chi connectivity index (χ4v) is 4.29. The first-order valence-electron chi connectivity index (χ1n) is 10.1. The molecule has 1 aliphatic heterocycles. The smallest absolute Gasteiger partial charge is 0.261 e. The van der Waals surface area contributed by atoms with E-state index >= 15 is 0 Å². The number of benzene rings is 2. The number of hydrogen-bond acceptors (Lipinski definition) is 6. The van der Waals surface area contributed by atoms with E-state index in [0.717, 1.165) is 19.3 Å². The number of ether oxygens (including phenoxy) is 1. The van der Waals surface area contributed by atoms with Crippen molar-refractivity contribution in [2.75, 3.05) is 19.4 Å². The fraction of sp³-hybridized carbons (Fsp3) is 0.318. The van der Waals surface area contributed by atoms with Crippen LogP contribution < -0.4 is 4.74 Å². The van der Waals surface area contributed by atoms with Crippen LogP contribution in [0.3, 0.4) is 0 Å². The van der Waals surface area contributed by atoms with Crippen LogP contribution >= 0.6 is 0 Å². The van der Waals surface area contributed by atoms with E-state index < -0.39 is 9.84 Å². The summed E-state index contributed by atoms with van der Waals surface area (Å²) in [6, 6.07) is 15.5. The fourth-order valence-electron chi connectivity index (χ4n) is 3.66. The Bertz CT molecular complexity index is 1140. The van der Waals surface area contributed by atoms with E-state index in [-0.39, 0.29) is 23.5 Å². The van der Waals surface area contributed by atoms with Gasteiger partial charge in [-0.15, -0.1) is 0 Å². The van der Waals surface area contributed by atoms with Crippen molar-refractivity contribution in [1.29, 1.82) is 0 Å². The van der Waals surface area contributed by atoms with Crippen LogP contribution in [0.4, 0.5) is 0 Å². The predicted molar refractivity (Wildman–Crippen MR) is 115 cm³/mol. The minimum absolute atomic E-state index is 0.0333. The molecule has 1 aliphatic rings. The second-order valence-corrected chi connectivity index (χ2v) is 9.56. The third-order valence-corrected chi connectivity index (χ3v) is 6.42. The summed E-state index contributed by atoms with van der Waals surface area (Å²) in [4.78, 5) is 19.5. The molecule has 3 aromatic rings. The van der Waals surface area contributed by atoms with Crippen molar-refractivity contribution in [1.82, 2.24) is 20.1 Å². The number of para-hydroxylation sites is 1. The van der Waals surface area contributed by atoms with Crippen LogP contribution in [0.15, 0.2) is 59.5 Å². The van der Waals surface area contributed by atoms with Gasteiger partial charge in [0.15, 0.2) is 22.3 Å². The maximum absolute atomic E-state index is 12.8. The molecule has 1 amide bonds. The molecule has 9 heteroatoms. The molecule has 1 saturated heterocycles. The lowest BCUT2D eigenvalue weighted by molar-refractivity contribution is -0.137. The SMILES string of the molecule is CS(=O)(=O)c1ccc(-c2n[nH]c(C3CCCCN3C(=O)COc3ccccc3)n2)cc1. The quantitative estimate of drug-likeness (QED) is 0.632. The third kappa shape index (κ3) is 4.93. The average Bonchev–Trinajstić information content (AvgIpc) is 3.28. The summed E-state index contributed by atoms with van der Waals surface area (Å²) < 4.78 is 28.9. The lowest BCUT2D eigenvalue weighted by Crippen LogP contribution is -2.41. The van der Waals surface area contributed by atoms with Gasteiger partial charge in [0.25, 0.3) is 5.91 Å². The maximum Gasteiger partial charge on any atom is 0.261 e. The molecule has 1 N–H and O–H groups in total. The molecule has 4 rings (SSSR count). The number of carbonyl (C=O) groups excluding carboxylic acids is 1. The highest BCUT2D eigenvalue weighted by molar-refractivity contribution is 7.90. The minimum Gasteiger partial charge on any atom is -0.484 e. The molecule has 1 atom stereocenters. The first kappa shape index (κ1) is 21.0. The zero-order valence-corrected chi connectivity index (χ0v) is 18.0. The Morgan fingerprint density at radius 3 is 2.58 bits per heavy atom. The van der Waals surface area contributed by atoms with Gasteiger partial charge in [-0.2, -0.15) is 5.10 Å². The summed E-state index contributed by atoms with van der Waals surface area (Å²) in [5.74, 6) is 1.65. The molecule has 0 bridgehead atoms. The molecule has 0 radical (unpaired) electrons. The van der Waals surface area contributed by atoms with Crippen molar-refractivity contribution in [2.45, 2.75) is 30.2 Å². The van der Waals surface area contributed by atoms with E-state index in [4.69, 9.17) is 4.74 Å². The lowest BCUT2D eigenvalue weighted by Gasteiger charge is -2.34. The Morgan fingerprint density at radius 1 is 1.13 bits per heavy atom. The molecule has 2 heterocycles. The summed E-state index contributed by atoms with van der Waals surface area (Å²) in [6.45, 7) is 0.606. The molecule has 162 valence electrons. The number of piperidine rings is 1. The second-order valence-electron chi connectivity index (χ2n) is 7.54. The number of hydrogen-bond donors (Lipinski definition) is 1. The van der Waals surface area contributed by atoms with Crippen LogP contribution in [0, 0.1) is 0 Å². The Balaban J connectivity index is 1.48. The summed E-state index contributed by atoms with van der Waals surface area (Å²) in [7, 11) is -3.26. The van der Waals surface area contributed by atoms with Gasteiger partial charge in [-0.25, -0.2) is 13.4 Å². The predicted octanol–water partition coefficient (Wildman–Crippen LogP) is 3.01. The van der Waals surface area contributed by atoms with Crippen molar-refractivity contribution in [2.24, 2.45) is 0 Å². The van der Waals surface area contributed by atoms with E-state index in [0.29, 0.717) is 29.5 Å². The average molecular weight is 441 g/mol. The lowest BCUT2D eigenvalue weighted by atomic mass is 10.0. The Hall–Kier alpha value is -3.20. The molecule has 1 aromatic heterocycles. The molecule has 0 saturated carbocycles. The van der Waals surface area contributed by atoms with Crippen molar-refractivity contribution < 1.29 is 17.9 Å². The van der Waals surface area contributed by atoms with Crippen LogP contribution in [-0.2, 0) is 14.6 Å². The number of amides is 1. The van der Waals surface area contributed by atoms with E-state index in [2.05, 4.69) is 15.2 Å². The van der Waals surface area contributed by atoms with Gasteiger partial charge in [0, 0.05) is 18.4 Å². The van der Waals surface area contributed by atoms with Crippen LogP contribution in [0.25, 0.3) is 11.4 Å². The molecule has 2 aromatic carbocycles. The first-order valence-corrected chi connectivity index (χ1v) is 12.0. The number of sulfone groups is 1. The van der Waals surface area contributed by atoms with Gasteiger partial charge >= 0.3 is 0 Å². The largest absolute Gasteiger partial charge is 0.484 e. The summed E-state index contributed by atoms with van der Waals surface area (Å²) in [5.41, 5.74) is 0.705. The van der Waals surface area contributed by atoms with Gasteiger partial charge in [0.1, 0.15) is 11.6 Å². The molecule has 0 aliphatic carbocycles. The number of H-pyrrole nitrogens is 1. The van der Waals surface area contributed by atoms with E-state index in [1.165, 1.54) is 18.4 Å². The van der Waals surface area contributed by atoms with E-state index in [1.807, 2.05) is 30.3 Å². The van der Waals surface area contributed by atoms with Gasteiger partial charge in [0.05, 0.1) is 10.9 Å². The van der Waals surface area contributed by atoms with Crippen LogP contribution in [-0.4, -0.2) is 53.8 Å². The van der Waals surface area contributed by atoms with Crippen molar-refractivity contribution in [3.63, 3.8) is 0 Å². The zero-order valence-electron chi connectivity index (χ0n) is 17.2. The van der Waals surface area contributed by atoms with Crippen LogP contribution in [0.1, 0.15) is 31.1 Å². The molecule has 31 heavy (non-hydrogen) atoms. The summed E-state index contributed by atoms with van der Waals surface area (Å²) in [5, 5.41) is 7.25.